The number of hydrogen-bond donors (Lipinski definition) is 2. The largest absolute Gasteiger partial charge is 0.378 e. The molecule has 2 saturated heterocycles. The summed E-state index contributed by atoms with van der Waals surface area (Å²) in [5, 5.41) is 6.78. The molecule has 2 rings (SSSR count). The summed E-state index contributed by atoms with van der Waals surface area (Å²) in [6, 6.07) is 0. The van der Waals surface area contributed by atoms with Crippen molar-refractivity contribution < 1.29 is 4.74 Å². The van der Waals surface area contributed by atoms with E-state index >= 15 is 0 Å². The first-order valence-corrected chi connectivity index (χ1v) is 8.98. The molecule has 0 aromatic heterocycles. The van der Waals surface area contributed by atoms with Gasteiger partial charge in [0.2, 0.25) is 0 Å². The predicted octanol–water partition coefficient (Wildman–Crippen LogP) is 2.40. The van der Waals surface area contributed by atoms with E-state index in [0.717, 1.165) is 38.6 Å². The van der Waals surface area contributed by atoms with Crippen LogP contribution in [0.5, 0.6) is 0 Å². The van der Waals surface area contributed by atoms with Crippen LogP contribution in [0.25, 0.3) is 0 Å². The minimum absolute atomic E-state index is 0.344. The van der Waals surface area contributed by atoms with Crippen LogP contribution in [-0.2, 0) is 4.74 Å². The standard InChI is InChI=1S/C15H29N3OS/c1-3-16-14(17-9-7-13-6-4-10-19-13)18-12-15(2)8-5-11-20-15/h13H,3-12H2,1-2H3,(H2,16,17,18). The fourth-order valence-corrected chi connectivity index (χ4v) is 4.00. The predicted molar refractivity (Wildman–Crippen MR) is 87.7 cm³/mol. The molecule has 0 bridgehead atoms. The van der Waals surface area contributed by atoms with Crippen LogP contribution in [0.15, 0.2) is 4.99 Å². The second-order valence-electron chi connectivity index (χ2n) is 5.95. The number of aliphatic imine (C=N–C) groups is 1. The summed E-state index contributed by atoms with van der Waals surface area (Å²) < 4.78 is 5.99. The first-order valence-electron chi connectivity index (χ1n) is 7.99. The third-order valence-corrected chi connectivity index (χ3v) is 5.52. The van der Waals surface area contributed by atoms with Gasteiger partial charge in [-0.15, -0.1) is 0 Å². The van der Waals surface area contributed by atoms with Crippen LogP contribution in [0.4, 0.5) is 0 Å². The molecule has 0 aromatic carbocycles. The van der Waals surface area contributed by atoms with Crippen LogP contribution in [0.3, 0.4) is 0 Å². The van der Waals surface area contributed by atoms with E-state index in [1.54, 1.807) is 0 Å². The Hall–Kier alpha value is -0.420. The Labute approximate surface area is 127 Å². The molecule has 2 N–H and O–H groups in total. The van der Waals surface area contributed by atoms with E-state index in [0.29, 0.717) is 10.9 Å². The van der Waals surface area contributed by atoms with E-state index in [-0.39, 0.29) is 0 Å². The molecule has 5 heteroatoms. The van der Waals surface area contributed by atoms with Gasteiger partial charge in [-0.3, -0.25) is 4.99 Å². The van der Waals surface area contributed by atoms with E-state index in [4.69, 9.17) is 9.73 Å². The molecule has 0 aliphatic carbocycles. The molecule has 0 spiro atoms. The van der Waals surface area contributed by atoms with Gasteiger partial charge in [0.25, 0.3) is 0 Å². The van der Waals surface area contributed by atoms with E-state index < -0.39 is 0 Å². The number of nitrogens with one attached hydrogen (secondary N) is 2. The third-order valence-electron chi connectivity index (χ3n) is 4.00. The topological polar surface area (TPSA) is 45.7 Å². The first-order chi connectivity index (χ1) is 9.72. The summed E-state index contributed by atoms with van der Waals surface area (Å²) in [5.41, 5.74) is 0. The van der Waals surface area contributed by atoms with Gasteiger partial charge in [-0.1, -0.05) is 0 Å². The van der Waals surface area contributed by atoms with Crippen molar-refractivity contribution in [2.75, 3.05) is 32.0 Å². The molecule has 116 valence electrons. The highest BCUT2D eigenvalue weighted by Crippen LogP contribution is 2.37. The lowest BCUT2D eigenvalue weighted by molar-refractivity contribution is 0.105. The lowest BCUT2D eigenvalue weighted by Crippen LogP contribution is -2.39. The summed E-state index contributed by atoms with van der Waals surface area (Å²) in [6.45, 7) is 8.16. The quantitative estimate of drug-likeness (QED) is 0.584. The molecule has 0 aromatic rings. The van der Waals surface area contributed by atoms with E-state index in [2.05, 4.69) is 36.2 Å². The van der Waals surface area contributed by atoms with Crippen LogP contribution >= 0.6 is 11.8 Å². The Bertz CT molecular complexity index is 310. The average molecular weight is 299 g/mol. The summed E-state index contributed by atoms with van der Waals surface area (Å²) in [6.07, 6.45) is 6.58. The van der Waals surface area contributed by atoms with E-state index in [1.807, 2.05) is 0 Å². The SMILES string of the molecule is CCNC(=NCC1(C)CCCS1)NCCC1CCCO1. The zero-order valence-electron chi connectivity index (χ0n) is 12.9. The van der Waals surface area contributed by atoms with Crippen molar-refractivity contribution in [3.63, 3.8) is 0 Å². The summed E-state index contributed by atoms with van der Waals surface area (Å²) >= 11 is 2.07. The number of nitrogens with zero attached hydrogens (tertiary/aromatic N) is 1. The van der Waals surface area contributed by atoms with E-state index in [1.165, 1.54) is 31.4 Å². The van der Waals surface area contributed by atoms with Crippen LogP contribution in [0.1, 0.15) is 46.0 Å². The monoisotopic (exact) mass is 299 g/mol. The third kappa shape index (κ3) is 5.17. The molecule has 4 nitrogen and oxygen atoms in total. The van der Waals surface area contributed by atoms with Crippen molar-refractivity contribution in [2.24, 2.45) is 4.99 Å². The summed E-state index contributed by atoms with van der Waals surface area (Å²) in [7, 11) is 0. The number of rotatable bonds is 6. The number of guanidine groups is 1. The molecule has 20 heavy (non-hydrogen) atoms. The maximum Gasteiger partial charge on any atom is 0.191 e. The Morgan fingerprint density at radius 1 is 1.40 bits per heavy atom. The molecular formula is C15H29N3OS. The lowest BCUT2D eigenvalue weighted by Gasteiger charge is -2.21. The molecule has 2 aliphatic heterocycles. The molecule has 0 amide bonds. The molecule has 0 radical (unpaired) electrons. The van der Waals surface area contributed by atoms with Crippen molar-refractivity contribution >= 4 is 17.7 Å². The zero-order chi connectivity index (χ0) is 14.3. The highest BCUT2D eigenvalue weighted by molar-refractivity contribution is 8.00. The summed E-state index contributed by atoms with van der Waals surface area (Å²) in [5.74, 6) is 2.24. The van der Waals surface area contributed by atoms with Crippen molar-refractivity contribution in [3.05, 3.63) is 0 Å². The maximum absolute atomic E-state index is 5.65. The van der Waals surface area contributed by atoms with Gasteiger partial charge >= 0.3 is 0 Å². The van der Waals surface area contributed by atoms with Gasteiger partial charge in [-0.25, -0.2) is 0 Å². The normalized spacial score (nSPS) is 30.7. The molecular weight excluding hydrogens is 270 g/mol. The minimum Gasteiger partial charge on any atom is -0.378 e. The van der Waals surface area contributed by atoms with Crippen LogP contribution in [0, 0.1) is 0 Å². The van der Waals surface area contributed by atoms with Crippen molar-refractivity contribution in [2.45, 2.75) is 56.8 Å². The molecule has 2 atom stereocenters. The maximum atomic E-state index is 5.65. The first kappa shape index (κ1) is 16.0. The molecule has 0 saturated carbocycles. The number of thioether (sulfide) groups is 1. The zero-order valence-corrected chi connectivity index (χ0v) is 13.7. The Morgan fingerprint density at radius 3 is 2.95 bits per heavy atom. The minimum atomic E-state index is 0.344. The summed E-state index contributed by atoms with van der Waals surface area (Å²) in [4.78, 5) is 4.76. The van der Waals surface area contributed by atoms with Gasteiger partial charge in [0, 0.05) is 24.4 Å². The lowest BCUT2D eigenvalue weighted by atomic mass is 10.1. The Morgan fingerprint density at radius 2 is 2.30 bits per heavy atom. The van der Waals surface area contributed by atoms with E-state index in [9.17, 15) is 0 Å². The highest BCUT2D eigenvalue weighted by Gasteiger charge is 2.29. The van der Waals surface area contributed by atoms with Crippen LogP contribution in [0.2, 0.25) is 0 Å². The molecule has 2 fully saturated rings. The van der Waals surface area contributed by atoms with Gasteiger partial charge in [0.05, 0.1) is 12.6 Å². The van der Waals surface area contributed by atoms with Crippen molar-refractivity contribution in [1.82, 2.24) is 10.6 Å². The Balaban J connectivity index is 1.73. The fourth-order valence-electron chi connectivity index (χ4n) is 2.77. The van der Waals surface area contributed by atoms with Gasteiger partial charge in [0.1, 0.15) is 0 Å². The average Bonchev–Trinajstić information content (AvgIpc) is 3.08. The van der Waals surface area contributed by atoms with Crippen molar-refractivity contribution in [1.29, 1.82) is 0 Å². The van der Waals surface area contributed by atoms with Gasteiger partial charge in [0.15, 0.2) is 5.96 Å². The second-order valence-corrected chi connectivity index (χ2v) is 7.63. The smallest absolute Gasteiger partial charge is 0.191 e. The number of hydrogen-bond acceptors (Lipinski definition) is 3. The fraction of sp³-hybridized carbons (Fsp3) is 0.933. The van der Waals surface area contributed by atoms with Gasteiger partial charge in [-0.2, -0.15) is 11.8 Å². The van der Waals surface area contributed by atoms with Gasteiger partial charge in [-0.05, 0) is 51.7 Å². The Kier molecular flexibility index (Phi) is 6.49. The van der Waals surface area contributed by atoms with Gasteiger partial charge < -0.3 is 15.4 Å². The van der Waals surface area contributed by atoms with Crippen molar-refractivity contribution in [3.8, 4) is 0 Å². The molecule has 2 unspecified atom stereocenters. The molecule has 2 heterocycles. The highest BCUT2D eigenvalue weighted by atomic mass is 32.2. The second kappa shape index (κ2) is 8.13. The van der Waals surface area contributed by atoms with Crippen LogP contribution in [-0.4, -0.2) is 48.8 Å². The molecule has 2 aliphatic rings. The number of ether oxygens (including phenoxy) is 1. The van der Waals surface area contributed by atoms with Crippen LogP contribution < -0.4 is 10.6 Å².